The average Bonchev–Trinajstić information content (AvgIpc) is 2.69. The van der Waals surface area contributed by atoms with Gasteiger partial charge in [-0.1, -0.05) is 20.8 Å². The van der Waals surface area contributed by atoms with Crippen molar-refractivity contribution in [3.05, 3.63) is 42.1 Å². The SMILES string of the molecule is CCC1C(=O)N(C)c2cnc(Nc3ccc(C(=O)O)cc3)cc2N1CCC(C)C. The van der Waals surface area contributed by atoms with Crippen LogP contribution in [-0.4, -0.2) is 41.6 Å². The second-order valence-corrected chi connectivity index (χ2v) is 7.76. The second kappa shape index (κ2) is 8.51. The minimum absolute atomic E-state index is 0.0931. The first kappa shape index (κ1) is 20.6. The zero-order chi connectivity index (χ0) is 21.1. The minimum atomic E-state index is -0.956. The average molecular weight is 396 g/mol. The molecule has 0 fully saturated rings. The number of hydrogen-bond donors (Lipinski definition) is 2. The van der Waals surface area contributed by atoms with E-state index in [0.29, 0.717) is 11.7 Å². The highest BCUT2D eigenvalue weighted by Gasteiger charge is 2.35. The summed E-state index contributed by atoms with van der Waals surface area (Å²) in [6, 6.07) is 8.31. The zero-order valence-corrected chi connectivity index (χ0v) is 17.3. The molecule has 3 rings (SSSR count). The number of likely N-dealkylation sites (N-methyl/N-ethyl adjacent to an activating group) is 1. The van der Waals surface area contributed by atoms with Gasteiger partial charge in [0, 0.05) is 25.3 Å². The molecule has 0 aliphatic carbocycles. The van der Waals surface area contributed by atoms with Crippen LogP contribution in [0.3, 0.4) is 0 Å². The molecule has 1 aromatic carbocycles. The predicted octanol–water partition coefficient (Wildman–Crippen LogP) is 4.13. The molecule has 1 unspecified atom stereocenters. The van der Waals surface area contributed by atoms with Gasteiger partial charge in [0.15, 0.2) is 0 Å². The highest BCUT2D eigenvalue weighted by Crippen LogP contribution is 2.38. The number of aromatic carboxylic acids is 1. The lowest BCUT2D eigenvalue weighted by atomic mass is 10.0. The smallest absolute Gasteiger partial charge is 0.335 e. The van der Waals surface area contributed by atoms with E-state index in [2.05, 4.69) is 29.0 Å². The zero-order valence-electron chi connectivity index (χ0n) is 17.3. The molecule has 0 bridgehead atoms. The highest BCUT2D eigenvalue weighted by molar-refractivity contribution is 6.05. The standard InChI is InChI=1S/C22H28N4O3/c1-5-17-21(27)25(4)19-13-23-20(12-18(19)26(17)11-10-14(2)3)24-16-8-6-15(7-9-16)22(28)29/h6-9,12-14,17H,5,10-11H2,1-4H3,(H,23,24)(H,28,29). The third-order valence-corrected chi connectivity index (χ3v) is 5.26. The van der Waals surface area contributed by atoms with Crippen molar-refractivity contribution in [2.75, 3.05) is 28.7 Å². The summed E-state index contributed by atoms with van der Waals surface area (Å²) in [4.78, 5) is 32.2. The highest BCUT2D eigenvalue weighted by atomic mass is 16.4. The third kappa shape index (κ3) is 4.34. The number of carboxylic acids is 1. The van der Waals surface area contributed by atoms with Gasteiger partial charge in [0.2, 0.25) is 5.91 Å². The lowest BCUT2D eigenvalue weighted by Gasteiger charge is -2.41. The molecule has 2 heterocycles. The van der Waals surface area contributed by atoms with Crippen LogP contribution >= 0.6 is 0 Å². The van der Waals surface area contributed by atoms with Crippen LogP contribution in [0.5, 0.6) is 0 Å². The molecule has 0 spiro atoms. The first-order valence-electron chi connectivity index (χ1n) is 9.96. The fourth-order valence-electron chi connectivity index (χ4n) is 3.55. The molecule has 0 saturated heterocycles. The number of fused-ring (bicyclic) bond motifs is 1. The van der Waals surface area contributed by atoms with Crippen LogP contribution in [0.25, 0.3) is 0 Å². The number of carboxylic acid groups (broad SMARTS) is 1. The summed E-state index contributed by atoms with van der Waals surface area (Å²) in [7, 11) is 1.79. The number of nitrogens with zero attached hydrogens (tertiary/aromatic N) is 3. The van der Waals surface area contributed by atoms with Crippen molar-refractivity contribution in [2.24, 2.45) is 5.92 Å². The molecular weight excluding hydrogens is 368 g/mol. The molecule has 1 atom stereocenters. The molecule has 2 N–H and O–H groups in total. The van der Waals surface area contributed by atoms with Crippen LogP contribution in [-0.2, 0) is 4.79 Å². The Labute approximate surface area is 171 Å². The van der Waals surface area contributed by atoms with Gasteiger partial charge in [0.1, 0.15) is 11.9 Å². The lowest BCUT2D eigenvalue weighted by Crippen LogP contribution is -2.52. The van der Waals surface area contributed by atoms with Crippen molar-refractivity contribution >= 4 is 34.8 Å². The number of carbonyl (C=O) groups excluding carboxylic acids is 1. The van der Waals surface area contributed by atoms with Gasteiger partial charge < -0.3 is 20.2 Å². The molecular formula is C22H28N4O3. The van der Waals surface area contributed by atoms with E-state index in [1.807, 2.05) is 13.0 Å². The maximum Gasteiger partial charge on any atom is 0.335 e. The summed E-state index contributed by atoms with van der Waals surface area (Å²) < 4.78 is 0. The van der Waals surface area contributed by atoms with Crippen LogP contribution in [0.1, 0.15) is 44.0 Å². The summed E-state index contributed by atoms with van der Waals surface area (Å²) in [6.45, 7) is 7.20. The van der Waals surface area contributed by atoms with E-state index in [1.165, 1.54) is 0 Å². The number of carbonyl (C=O) groups is 2. The number of anilines is 4. The van der Waals surface area contributed by atoms with E-state index < -0.39 is 5.97 Å². The molecule has 0 saturated carbocycles. The Morgan fingerprint density at radius 3 is 2.52 bits per heavy atom. The Balaban J connectivity index is 1.92. The molecule has 2 aromatic rings. The van der Waals surface area contributed by atoms with E-state index in [0.717, 1.165) is 36.4 Å². The van der Waals surface area contributed by atoms with Gasteiger partial charge in [-0.05, 0) is 43.0 Å². The van der Waals surface area contributed by atoms with Crippen molar-refractivity contribution in [3.8, 4) is 0 Å². The molecule has 1 aromatic heterocycles. The maximum absolute atomic E-state index is 12.8. The molecule has 7 nitrogen and oxygen atoms in total. The Bertz CT molecular complexity index is 895. The quantitative estimate of drug-likeness (QED) is 0.732. The van der Waals surface area contributed by atoms with Crippen LogP contribution in [0, 0.1) is 5.92 Å². The summed E-state index contributed by atoms with van der Waals surface area (Å²) in [6.07, 6.45) is 3.45. The van der Waals surface area contributed by atoms with Gasteiger partial charge >= 0.3 is 5.97 Å². The number of aromatic nitrogens is 1. The summed E-state index contributed by atoms with van der Waals surface area (Å²) in [5.41, 5.74) is 2.78. The third-order valence-electron chi connectivity index (χ3n) is 5.26. The number of benzene rings is 1. The Hall–Kier alpha value is -3.09. The van der Waals surface area contributed by atoms with Crippen LogP contribution in [0.2, 0.25) is 0 Å². The van der Waals surface area contributed by atoms with E-state index in [4.69, 9.17) is 5.11 Å². The predicted molar refractivity (Wildman–Crippen MR) is 115 cm³/mol. The lowest BCUT2D eigenvalue weighted by molar-refractivity contribution is -0.120. The van der Waals surface area contributed by atoms with Crippen molar-refractivity contribution < 1.29 is 14.7 Å². The molecule has 1 amide bonds. The molecule has 29 heavy (non-hydrogen) atoms. The Kier molecular flexibility index (Phi) is 6.06. The van der Waals surface area contributed by atoms with E-state index >= 15 is 0 Å². The van der Waals surface area contributed by atoms with Gasteiger partial charge in [-0.2, -0.15) is 0 Å². The summed E-state index contributed by atoms with van der Waals surface area (Å²) in [5.74, 6) is 0.329. The summed E-state index contributed by atoms with van der Waals surface area (Å²) >= 11 is 0. The Morgan fingerprint density at radius 2 is 1.93 bits per heavy atom. The first-order valence-corrected chi connectivity index (χ1v) is 9.96. The van der Waals surface area contributed by atoms with Crippen LogP contribution in [0.4, 0.5) is 22.9 Å². The number of amides is 1. The van der Waals surface area contributed by atoms with Crippen LogP contribution < -0.4 is 15.1 Å². The molecule has 1 aliphatic rings. The number of nitrogens with one attached hydrogen (secondary N) is 1. The molecule has 7 heteroatoms. The minimum Gasteiger partial charge on any atom is -0.478 e. The molecule has 0 radical (unpaired) electrons. The second-order valence-electron chi connectivity index (χ2n) is 7.76. The van der Waals surface area contributed by atoms with Gasteiger partial charge in [-0.3, -0.25) is 4.79 Å². The molecule has 1 aliphatic heterocycles. The number of hydrogen-bond acceptors (Lipinski definition) is 5. The maximum atomic E-state index is 12.8. The van der Waals surface area contributed by atoms with E-state index in [9.17, 15) is 9.59 Å². The Morgan fingerprint density at radius 1 is 1.24 bits per heavy atom. The topological polar surface area (TPSA) is 85.8 Å². The van der Waals surface area contributed by atoms with Crippen molar-refractivity contribution in [1.29, 1.82) is 0 Å². The monoisotopic (exact) mass is 396 g/mol. The van der Waals surface area contributed by atoms with Gasteiger partial charge in [0.05, 0.1) is 23.1 Å². The largest absolute Gasteiger partial charge is 0.478 e. The van der Waals surface area contributed by atoms with Gasteiger partial charge in [-0.25, -0.2) is 9.78 Å². The summed E-state index contributed by atoms with van der Waals surface area (Å²) in [5, 5.41) is 12.3. The fourth-order valence-corrected chi connectivity index (χ4v) is 3.55. The normalized spacial score (nSPS) is 16.2. The fraction of sp³-hybridized carbons (Fsp3) is 0.409. The molecule has 154 valence electrons. The van der Waals surface area contributed by atoms with Gasteiger partial charge in [0.25, 0.3) is 0 Å². The van der Waals surface area contributed by atoms with Crippen molar-refractivity contribution in [1.82, 2.24) is 4.98 Å². The van der Waals surface area contributed by atoms with Crippen LogP contribution in [0.15, 0.2) is 36.5 Å². The number of rotatable bonds is 7. The van der Waals surface area contributed by atoms with Crippen molar-refractivity contribution in [2.45, 2.75) is 39.7 Å². The van der Waals surface area contributed by atoms with E-state index in [1.54, 1.807) is 42.4 Å². The van der Waals surface area contributed by atoms with Crippen molar-refractivity contribution in [3.63, 3.8) is 0 Å². The first-order chi connectivity index (χ1) is 13.8. The number of pyridine rings is 1. The van der Waals surface area contributed by atoms with Gasteiger partial charge in [-0.15, -0.1) is 0 Å². The van der Waals surface area contributed by atoms with E-state index in [-0.39, 0.29) is 17.5 Å².